The molecule has 1 aliphatic rings. The average Bonchev–Trinajstić information content (AvgIpc) is 2.47. The molecule has 112 valence electrons. The normalized spacial score (nSPS) is 15.3. The van der Waals surface area contributed by atoms with E-state index in [1.165, 1.54) is 17.5 Å². The molecule has 3 nitrogen and oxygen atoms in total. The quantitative estimate of drug-likeness (QED) is 0.875. The third kappa shape index (κ3) is 3.61. The van der Waals surface area contributed by atoms with Crippen LogP contribution in [0.3, 0.4) is 0 Å². The van der Waals surface area contributed by atoms with Crippen LogP contribution in [0.15, 0.2) is 23.1 Å². The zero-order chi connectivity index (χ0) is 14.6. The molecule has 0 atom stereocenters. The molecule has 0 spiro atoms. The second kappa shape index (κ2) is 6.72. The van der Waals surface area contributed by atoms with E-state index in [2.05, 4.69) is 18.6 Å². The molecule has 0 bridgehead atoms. The van der Waals surface area contributed by atoms with Crippen molar-refractivity contribution in [2.24, 2.45) is 5.92 Å². The highest BCUT2D eigenvalue weighted by Crippen LogP contribution is 2.24. The summed E-state index contributed by atoms with van der Waals surface area (Å²) < 4.78 is 27.4. The molecule has 1 aromatic carbocycles. The zero-order valence-corrected chi connectivity index (χ0v) is 13.3. The van der Waals surface area contributed by atoms with Gasteiger partial charge in [-0.1, -0.05) is 32.8 Å². The number of nitrogens with one attached hydrogen (secondary N) is 1. The lowest BCUT2D eigenvalue weighted by Gasteiger charge is -2.18. The van der Waals surface area contributed by atoms with Gasteiger partial charge < -0.3 is 0 Å². The maximum Gasteiger partial charge on any atom is 0.240 e. The van der Waals surface area contributed by atoms with Gasteiger partial charge in [0.2, 0.25) is 10.0 Å². The third-order valence-corrected chi connectivity index (χ3v) is 5.77. The van der Waals surface area contributed by atoms with Gasteiger partial charge in [-0.25, -0.2) is 13.1 Å². The summed E-state index contributed by atoms with van der Waals surface area (Å²) in [5, 5.41) is 0. The minimum Gasteiger partial charge on any atom is -0.211 e. The Labute approximate surface area is 122 Å². The molecule has 2 rings (SSSR count). The van der Waals surface area contributed by atoms with Crippen molar-refractivity contribution in [2.75, 3.05) is 6.54 Å². The minimum atomic E-state index is -3.36. The van der Waals surface area contributed by atoms with Gasteiger partial charge in [-0.3, -0.25) is 0 Å². The molecular formula is C16H25NO2S. The van der Waals surface area contributed by atoms with Crippen LogP contribution in [0, 0.1) is 5.92 Å². The Morgan fingerprint density at radius 3 is 2.40 bits per heavy atom. The maximum absolute atomic E-state index is 12.3. The van der Waals surface area contributed by atoms with Gasteiger partial charge in [0.05, 0.1) is 4.90 Å². The standard InChI is InChI=1S/C16H25NO2S/c1-3-13(4-2)12-17-20(18,19)16-10-9-14-7-5-6-8-15(14)11-16/h9-11,13,17H,3-8,12H2,1-2H3. The van der Waals surface area contributed by atoms with Crippen LogP contribution in [0.25, 0.3) is 0 Å². The predicted molar refractivity (Wildman–Crippen MR) is 82.3 cm³/mol. The topological polar surface area (TPSA) is 46.2 Å². The predicted octanol–water partition coefficient (Wildman–Crippen LogP) is 3.28. The van der Waals surface area contributed by atoms with Gasteiger partial charge in [-0.15, -0.1) is 0 Å². The first-order chi connectivity index (χ1) is 9.56. The Morgan fingerprint density at radius 1 is 1.10 bits per heavy atom. The van der Waals surface area contributed by atoms with Crippen LogP contribution in [0.5, 0.6) is 0 Å². The van der Waals surface area contributed by atoms with Crippen LogP contribution >= 0.6 is 0 Å². The first kappa shape index (κ1) is 15.5. The summed E-state index contributed by atoms with van der Waals surface area (Å²) in [5.41, 5.74) is 2.52. The summed E-state index contributed by atoms with van der Waals surface area (Å²) in [4.78, 5) is 0.420. The molecule has 0 unspecified atom stereocenters. The fourth-order valence-electron chi connectivity index (χ4n) is 2.77. The highest BCUT2D eigenvalue weighted by atomic mass is 32.2. The number of rotatable bonds is 6. The Bertz CT molecular complexity index is 548. The van der Waals surface area contributed by atoms with Crippen molar-refractivity contribution in [3.05, 3.63) is 29.3 Å². The van der Waals surface area contributed by atoms with E-state index in [9.17, 15) is 8.42 Å². The number of hydrogen-bond donors (Lipinski definition) is 1. The van der Waals surface area contributed by atoms with Gasteiger partial charge in [-0.05, 0) is 54.9 Å². The van der Waals surface area contributed by atoms with Crippen molar-refractivity contribution in [1.82, 2.24) is 4.72 Å². The summed E-state index contributed by atoms with van der Waals surface area (Å²) in [6.07, 6.45) is 6.47. The Kier molecular flexibility index (Phi) is 5.22. The molecule has 1 aliphatic carbocycles. The van der Waals surface area contributed by atoms with E-state index >= 15 is 0 Å². The molecule has 0 aromatic heterocycles. The Balaban J connectivity index is 2.13. The third-order valence-electron chi connectivity index (χ3n) is 4.35. The van der Waals surface area contributed by atoms with E-state index in [1.807, 2.05) is 12.1 Å². The second-order valence-corrected chi connectivity index (χ2v) is 7.44. The number of sulfonamides is 1. The number of fused-ring (bicyclic) bond motifs is 1. The number of aryl methyl sites for hydroxylation is 2. The largest absolute Gasteiger partial charge is 0.240 e. The molecule has 4 heteroatoms. The van der Waals surface area contributed by atoms with E-state index in [-0.39, 0.29) is 0 Å². The van der Waals surface area contributed by atoms with E-state index in [0.29, 0.717) is 17.4 Å². The lowest BCUT2D eigenvalue weighted by molar-refractivity contribution is 0.479. The van der Waals surface area contributed by atoms with Crippen LogP contribution in [0.1, 0.15) is 50.7 Å². The van der Waals surface area contributed by atoms with Gasteiger partial charge >= 0.3 is 0 Å². The molecule has 0 saturated carbocycles. The summed E-state index contributed by atoms with van der Waals surface area (Å²) in [6, 6.07) is 5.60. The van der Waals surface area contributed by atoms with Crippen LogP contribution < -0.4 is 4.72 Å². The van der Waals surface area contributed by atoms with Crippen molar-refractivity contribution in [1.29, 1.82) is 0 Å². The monoisotopic (exact) mass is 295 g/mol. The fourth-order valence-corrected chi connectivity index (χ4v) is 3.93. The van der Waals surface area contributed by atoms with Crippen molar-refractivity contribution >= 4 is 10.0 Å². The maximum atomic E-state index is 12.3. The summed E-state index contributed by atoms with van der Waals surface area (Å²) in [5.74, 6) is 0.419. The van der Waals surface area contributed by atoms with Gasteiger partial charge in [0.1, 0.15) is 0 Å². The first-order valence-electron chi connectivity index (χ1n) is 7.68. The van der Waals surface area contributed by atoms with Crippen molar-refractivity contribution < 1.29 is 8.42 Å². The highest BCUT2D eigenvalue weighted by molar-refractivity contribution is 7.89. The second-order valence-electron chi connectivity index (χ2n) is 5.67. The molecule has 0 amide bonds. The van der Waals surface area contributed by atoms with E-state index in [4.69, 9.17) is 0 Å². The summed E-state index contributed by atoms with van der Waals surface area (Å²) in [7, 11) is -3.36. The van der Waals surface area contributed by atoms with Crippen LogP contribution in [0.4, 0.5) is 0 Å². The van der Waals surface area contributed by atoms with Gasteiger partial charge in [0.25, 0.3) is 0 Å². The van der Waals surface area contributed by atoms with Gasteiger partial charge in [-0.2, -0.15) is 0 Å². The molecule has 0 radical (unpaired) electrons. The van der Waals surface area contributed by atoms with Crippen LogP contribution in [-0.2, 0) is 22.9 Å². The zero-order valence-electron chi connectivity index (χ0n) is 12.5. The van der Waals surface area contributed by atoms with E-state index in [0.717, 1.165) is 32.1 Å². The lowest BCUT2D eigenvalue weighted by atomic mass is 9.92. The summed E-state index contributed by atoms with van der Waals surface area (Å²) in [6.45, 7) is 4.73. The molecule has 0 aliphatic heterocycles. The Hall–Kier alpha value is -0.870. The van der Waals surface area contributed by atoms with Crippen LogP contribution in [0.2, 0.25) is 0 Å². The van der Waals surface area contributed by atoms with Crippen molar-refractivity contribution in [3.63, 3.8) is 0 Å². The Morgan fingerprint density at radius 2 is 1.75 bits per heavy atom. The highest BCUT2D eigenvalue weighted by Gasteiger charge is 2.18. The first-order valence-corrected chi connectivity index (χ1v) is 9.16. The smallest absolute Gasteiger partial charge is 0.211 e. The molecule has 20 heavy (non-hydrogen) atoms. The van der Waals surface area contributed by atoms with E-state index < -0.39 is 10.0 Å². The van der Waals surface area contributed by atoms with Crippen molar-refractivity contribution in [3.8, 4) is 0 Å². The van der Waals surface area contributed by atoms with E-state index in [1.54, 1.807) is 6.07 Å². The minimum absolute atomic E-state index is 0.419. The molecular weight excluding hydrogens is 270 g/mol. The molecule has 1 aromatic rings. The van der Waals surface area contributed by atoms with Gasteiger partial charge in [0, 0.05) is 6.54 Å². The van der Waals surface area contributed by atoms with Crippen molar-refractivity contribution in [2.45, 2.75) is 57.3 Å². The lowest BCUT2D eigenvalue weighted by Crippen LogP contribution is -2.29. The SMILES string of the molecule is CCC(CC)CNS(=O)(=O)c1ccc2c(c1)CCCC2. The number of benzene rings is 1. The van der Waals surface area contributed by atoms with Crippen LogP contribution in [-0.4, -0.2) is 15.0 Å². The van der Waals surface area contributed by atoms with Gasteiger partial charge in [0.15, 0.2) is 0 Å². The molecule has 1 N–H and O–H groups in total. The molecule has 0 fully saturated rings. The number of hydrogen-bond acceptors (Lipinski definition) is 2. The summed E-state index contributed by atoms with van der Waals surface area (Å²) >= 11 is 0. The fraction of sp³-hybridized carbons (Fsp3) is 0.625. The average molecular weight is 295 g/mol. The molecule has 0 saturated heterocycles. The molecule has 0 heterocycles.